The second kappa shape index (κ2) is 36.4. The quantitative estimate of drug-likeness (QED) is 0.0276. The molecule has 0 radical (unpaired) electrons. The first-order valence-corrected chi connectivity index (χ1v) is 21.0. The van der Waals surface area contributed by atoms with E-state index in [0.717, 1.165) is 64.2 Å². The van der Waals surface area contributed by atoms with Crippen LogP contribution < -0.4 is 12.4 Å². The van der Waals surface area contributed by atoms with Gasteiger partial charge >= 0.3 is 18.1 Å². The largest absolute Gasteiger partial charge is 1.00 e. The van der Waals surface area contributed by atoms with Crippen molar-refractivity contribution in [1.82, 2.24) is 0 Å². The summed E-state index contributed by atoms with van der Waals surface area (Å²) < 4.78 is 50.1. The molecule has 0 aromatic rings. The Hall–Kier alpha value is -1.54. The Labute approximate surface area is 324 Å². The summed E-state index contributed by atoms with van der Waals surface area (Å²) in [5, 5.41) is 0. The van der Waals surface area contributed by atoms with Crippen LogP contribution in [0.1, 0.15) is 194 Å². The van der Waals surface area contributed by atoms with Crippen molar-refractivity contribution in [2.24, 2.45) is 0 Å². The maximum atomic E-state index is 13.2. The Bertz CT molecular complexity index is 879. The van der Waals surface area contributed by atoms with Gasteiger partial charge in [-0.3, -0.25) is 9.59 Å². The number of unbranched alkanes of at least 4 members (excludes halogenated alkanes) is 22. The Morgan fingerprint density at radius 1 is 0.558 bits per heavy atom. The van der Waals surface area contributed by atoms with Crippen LogP contribution in [-0.4, -0.2) is 62.5 Å². The monoisotopic (exact) mass is 766 g/mol. The molecular formula is C43H79ClF3NO4. The van der Waals surface area contributed by atoms with Crippen molar-refractivity contribution in [3.05, 3.63) is 24.3 Å². The molecule has 0 heterocycles. The molecule has 0 aliphatic heterocycles. The van der Waals surface area contributed by atoms with Crippen LogP contribution in [0.5, 0.6) is 0 Å². The fourth-order valence-corrected chi connectivity index (χ4v) is 6.41. The topological polar surface area (TPSA) is 52.6 Å². The third kappa shape index (κ3) is 39.7. The van der Waals surface area contributed by atoms with Crippen molar-refractivity contribution in [3.63, 3.8) is 0 Å². The number of hydrogen-bond donors (Lipinski definition) is 0. The van der Waals surface area contributed by atoms with E-state index in [2.05, 4.69) is 38.2 Å². The molecular weight excluding hydrogens is 687 g/mol. The summed E-state index contributed by atoms with van der Waals surface area (Å²) in [4.78, 5) is 25.1. The molecule has 0 spiro atoms. The molecule has 5 nitrogen and oxygen atoms in total. The van der Waals surface area contributed by atoms with Crippen LogP contribution in [0.15, 0.2) is 24.3 Å². The molecule has 0 saturated carbocycles. The highest BCUT2D eigenvalue weighted by Gasteiger charge is 2.39. The number of allylic oxidation sites excluding steroid dienone is 4. The van der Waals surface area contributed by atoms with Crippen molar-refractivity contribution in [3.8, 4) is 0 Å². The van der Waals surface area contributed by atoms with Gasteiger partial charge in [0, 0.05) is 12.8 Å². The fourth-order valence-electron chi connectivity index (χ4n) is 6.41. The minimum atomic E-state index is -4.36. The Balaban J connectivity index is 0. The molecule has 0 rings (SSSR count). The van der Waals surface area contributed by atoms with Crippen LogP contribution in [0.2, 0.25) is 0 Å². The number of hydrogen-bond acceptors (Lipinski definition) is 4. The number of alkyl halides is 3. The number of likely N-dealkylation sites (N-methyl/N-ethyl adjacent to an activating group) is 1. The van der Waals surface area contributed by atoms with Crippen LogP contribution in [0, 0.1) is 0 Å². The minimum absolute atomic E-state index is 0. The molecule has 0 aromatic heterocycles. The van der Waals surface area contributed by atoms with Gasteiger partial charge in [0.25, 0.3) is 0 Å². The minimum Gasteiger partial charge on any atom is -1.00 e. The summed E-state index contributed by atoms with van der Waals surface area (Å²) in [7, 11) is 2.90. The molecule has 308 valence electrons. The summed E-state index contributed by atoms with van der Waals surface area (Å²) in [6.45, 7) is 3.12. The number of ether oxygens (including phenoxy) is 2. The molecule has 0 fully saturated rings. The lowest BCUT2D eigenvalue weighted by Gasteiger charge is -2.33. The zero-order chi connectivity index (χ0) is 37.9. The highest BCUT2D eigenvalue weighted by Crippen LogP contribution is 2.20. The molecule has 0 N–H and O–H groups in total. The molecule has 52 heavy (non-hydrogen) atoms. The molecule has 0 saturated heterocycles. The number of rotatable bonds is 36. The average molecular weight is 767 g/mol. The summed E-state index contributed by atoms with van der Waals surface area (Å²) in [6.07, 6.45) is 34.6. The van der Waals surface area contributed by atoms with Gasteiger partial charge in [0.05, 0.1) is 14.1 Å². The lowest BCUT2D eigenvalue weighted by Crippen LogP contribution is -3.00. The third-order valence-corrected chi connectivity index (χ3v) is 9.32. The number of quaternary nitrogens is 1. The average Bonchev–Trinajstić information content (AvgIpc) is 3.06. The molecule has 0 aliphatic rings. The predicted molar refractivity (Wildman–Crippen MR) is 208 cm³/mol. The maximum Gasteiger partial charge on any atom is 0.438 e. The van der Waals surface area contributed by atoms with Crippen LogP contribution in [0.4, 0.5) is 13.2 Å². The van der Waals surface area contributed by atoms with E-state index in [4.69, 9.17) is 9.47 Å². The number of esters is 2. The van der Waals surface area contributed by atoms with Crippen molar-refractivity contribution >= 4 is 11.9 Å². The van der Waals surface area contributed by atoms with Crippen LogP contribution >= 0.6 is 0 Å². The normalized spacial score (nSPS) is 12.8. The first-order valence-electron chi connectivity index (χ1n) is 21.0. The summed E-state index contributed by atoms with van der Waals surface area (Å²) >= 11 is 0. The van der Waals surface area contributed by atoms with Gasteiger partial charge in [0.15, 0.2) is 12.6 Å². The van der Waals surface area contributed by atoms with Crippen molar-refractivity contribution in [1.29, 1.82) is 0 Å². The molecule has 0 amide bonds. The van der Waals surface area contributed by atoms with Gasteiger partial charge in [-0.05, 0) is 64.2 Å². The lowest BCUT2D eigenvalue weighted by atomic mass is 10.1. The fraction of sp³-hybridized carbons (Fsp3) is 0.860. The van der Waals surface area contributed by atoms with Gasteiger partial charge in [-0.15, -0.1) is 0 Å². The highest BCUT2D eigenvalue weighted by atomic mass is 35.5. The molecule has 0 aromatic carbocycles. The van der Waals surface area contributed by atoms with E-state index in [-0.39, 0.29) is 38.4 Å². The summed E-state index contributed by atoms with van der Waals surface area (Å²) in [5.74, 6) is -0.843. The van der Waals surface area contributed by atoms with Gasteiger partial charge in [-0.1, -0.05) is 141 Å². The first-order chi connectivity index (χ1) is 24.5. The van der Waals surface area contributed by atoms with Crippen LogP contribution in [-0.2, 0) is 19.1 Å². The van der Waals surface area contributed by atoms with Gasteiger partial charge in [-0.2, -0.15) is 13.2 Å². The second-order valence-corrected chi connectivity index (χ2v) is 15.4. The number of nitrogens with zero attached hydrogens (tertiary/aromatic N) is 1. The molecule has 9 heteroatoms. The zero-order valence-corrected chi connectivity index (χ0v) is 34.7. The summed E-state index contributed by atoms with van der Waals surface area (Å²) in [6, 6.07) is 0. The standard InChI is InChI=1S/C43H79F3NO4.ClH/c1-5-7-9-11-13-15-17-19-21-23-25-27-29-31-33-35-41(48)50-38-40(37-47(3,4)39-43(44,45)46)51-42(49)36-34-32-30-28-26-24-22-20-18-16-14-12-10-8-6-2;/h19-22,40H,5-18,23-39H2,1-4H3;1H/q+1;/p-1/b21-19-,22-20-;. The number of carbonyl (C=O) groups is 2. The van der Waals surface area contributed by atoms with Crippen molar-refractivity contribution in [2.45, 2.75) is 206 Å². The van der Waals surface area contributed by atoms with E-state index in [1.807, 2.05) is 0 Å². The van der Waals surface area contributed by atoms with Gasteiger partial charge in [0.1, 0.15) is 13.2 Å². The highest BCUT2D eigenvalue weighted by molar-refractivity contribution is 5.70. The summed E-state index contributed by atoms with van der Waals surface area (Å²) in [5.41, 5.74) is 0. The van der Waals surface area contributed by atoms with E-state index in [1.165, 1.54) is 104 Å². The van der Waals surface area contributed by atoms with Gasteiger partial charge < -0.3 is 26.4 Å². The smallest absolute Gasteiger partial charge is 0.438 e. The van der Waals surface area contributed by atoms with Gasteiger partial charge in [-0.25, -0.2) is 0 Å². The van der Waals surface area contributed by atoms with Gasteiger partial charge in [0.2, 0.25) is 0 Å². The van der Waals surface area contributed by atoms with Crippen LogP contribution in [0.3, 0.4) is 0 Å². The van der Waals surface area contributed by atoms with Crippen LogP contribution in [0.25, 0.3) is 0 Å². The zero-order valence-electron chi connectivity index (χ0n) is 33.9. The number of halogens is 4. The SMILES string of the molecule is CCCCCCCC/C=C\CCCCCCCC(=O)OCC(C[N+](C)(C)CC(F)(F)F)OC(=O)CCCCCCC/C=C\CCCCCCCC.[Cl-]. The Morgan fingerprint density at radius 2 is 0.904 bits per heavy atom. The van der Waals surface area contributed by atoms with Crippen molar-refractivity contribution < 1.29 is 49.1 Å². The van der Waals surface area contributed by atoms with E-state index in [0.29, 0.717) is 12.8 Å². The van der Waals surface area contributed by atoms with E-state index in [1.54, 1.807) is 0 Å². The first kappa shape index (κ1) is 52.6. The maximum absolute atomic E-state index is 13.2. The molecule has 1 unspecified atom stereocenters. The second-order valence-electron chi connectivity index (χ2n) is 15.4. The third-order valence-electron chi connectivity index (χ3n) is 9.32. The Kier molecular flexibility index (Phi) is 36.8. The molecule has 1 atom stereocenters. The molecule has 0 aliphatic carbocycles. The van der Waals surface area contributed by atoms with E-state index in [9.17, 15) is 22.8 Å². The predicted octanol–water partition coefficient (Wildman–Crippen LogP) is 10.2. The number of carbonyl (C=O) groups excluding carboxylic acids is 2. The van der Waals surface area contributed by atoms with E-state index < -0.39 is 35.2 Å². The Morgan fingerprint density at radius 3 is 1.29 bits per heavy atom. The van der Waals surface area contributed by atoms with Crippen molar-refractivity contribution in [2.75, 3.05) is 33.8 Å². The molecule has 0 bridgehead atoms. The van der Waals surface area contributed by atoms with E-state index >= 15 is 0 Å². The lowest BCUT2D eigenvalue weighted by molar-refractivity contribution is -0.903.